The van der Waals surface area contributed by atoms with Crippen LogP contribution in [0.2, 0.25) is 0 Å². The maximum absolute atomic E-state index is 12.7. The summed E-state index contributed by atoms with van der Waals surface area (Å²) >= 11 is 0. The fourth-order valence-electron chi connectivity index (χ4n) is 3.28. The van der Waals surface area contributed by atoms with Crippen molar-refractivity contribution in [3.63, 3.8) is 0 Å². The zero-order valence-electron chi connectivity index (χ0n) is 18.5. The molecule has 1 aromatic carbocycles. The van der Waals surface area contributed by atoms with E-state index < -0.39 is 0 Å². The molecule has 12 nitrogen and oxygen atoms in total. The Balaban J connectivity index is 1.41. The summed E-state index contributed by atoms with van der Waals surface area (Å²) < 4.78 is 16.6. The zero-order chi connectivity index (χ0) is 23.2. The highest BCUT2D eigenvalue weighted by molar-refractivity contribution is 5.93. The number of hydrogen-bond donors (Lipinski definition) is 2. The van der Waals surface area contributed by atoms with Gasteiger partial charge in [0.25, 0.3) is 5.91 Å². The van der Waals surface area contributed by atoms with Crippen molar-refractivity contribution in [2.24, 2.45) is 5.73 Å². The Morgan fingerprint density at radius 1 is 1.24 bits per heavy atom. The van der Waals surface area contributed by atoms with Gasteiger partial charge in [0.05, 0.1) is 33.0 Å². The molecule has 1 aliphatic rings. The summed E-state index contributed by atoms with van der Waals surface area (Å²) in [5.41, 5.74) is 7.11. The molecule has 1 amide bonds. The minimum absolute atomic E-state index is 0.0852. The van der Waals surface area contributed by atoms with Crippen LogP contribution in [0.25, 0.3) is 11.5 Å². The van der Waals surface area contributed by atoms with Gasteiger partial charge in [0.2, 0.25) is 5.82 Å². The van der Waals surface area contributed by atoms with Gasteiger partial charge >= 0.3 is 0 Å². The van der Waals surface area contributed by atoms with Gasteiger partial charge in [0, 0.05) is 13.1 Å². The topological polar surface area (TPSA) is 152 Å². The number of aryl methyl sites for hydroxylation is 1. The monoisotopic (exact) mass is 454 g/mol. The molecule has 2 aromatic heterocycles. The highest BCUT2D eigenvalue weighted by Crippen LogP contribution is 2.15. The van der Waals surface area contributed by atoms with Gasteiger partial charge in [0.1, 0.15) is 29.1 Å². The Morgan fingerprint density at radius 2 is 2.06 bits per heavy atom. The number of tetrazole rings is 1. The van der Waals surface area contributed by atoms with E-state index in [0.29, 0.717) is 50.2 Å². The smallest absolute Gasteiger partial charge is 0.270 e. The predicted molar refractivity (Wildman–Crippen MR) is 116 cm³/mol. The molecule has 4 rings (SSSR count). The second kappa shape index (κ2) is 10.4. The molecule has 3 aromatic rings. The number of carbonyl (C=O) groups is 1. The Morgan fingerprint density at radius 3 is 2.82 bits per heavy atom. The first-order valence-corrected chi connectivity index (χ1v) is 10.5. The average Bonchev–Trinajstić information content (AvgIpc) is 3.31. The summed E-state index contributed by atoms with van der Waals surface area (Å²) in [6, 6.07) is 9.01. The lowest BCUT2D eigenvalue weighted by atomic mass is 10.2. The molecule has 1 fully saturated rings. The molecule has 174 valence electrons. The van der Waals surface area contributed by atoms with Gasteiger partial charge in [-0.2, -0.15) is 4.80 Å². The van der Waals surface area contributed by atoms with Crippen LogP contribution in [-0.2, 0) is 22.6 Å². The number of carbonyl (C=O) groups excluding carboxylic acids is 1. The van der Waals surface area contributed by atoms with Crippen LogP contribution in [-0.4, -0.2) is 75.2 Å². The predicted octanol–water partition coefficient (Wildman–Crippen LogP) is 0.120. The number of benzene rings is 1. The fraction of sp³-hybridized carbons (Fsp3) is 0.429. The summed E-state index contributed by atoms with van der Waals surface area (Å²) in [4.78, 5) is 22.7. The van der Waals surface area contributed by atoms with Crippen LogP contribution in [0.5, 0.6) is 5.75 Å². The van der Waals surface area contributed by atoms with Crippen molar-refractivity contribution in [1.82, 2.24) is 35.5 Å². The number of ether oxygens (including phenoxy) is 3. The van der Waals surface area contributed by atoms with Gasteiger partial charge < -0.3 is 25.3 Å². The third kappa shape index (κ3) is 5.86. The van der Waals surface area contributed by atoms with E-state index in [0.717, 1.165) is 11.3 Å². The first-order chi connectivity index (χ1) is 16.0. The lowest BCUT2D eigenvalue weighted by molar-refractivity contribution is -0.135. The van der Waals surface area contributed by atoms with Crippen LogP contribution in [0.3, 0.4) is 0 Å². The third-order valence-corrected chi connectivity index (χ3v) is 5.01. The molecule has 1 aliphatic heterocycles. The molecule has 0 bridgehead atoms. The molecule has 1 unspecified atom stereocenters. The van der Waals surface area contributed by atoms with Gasteiger partial charge in [-0.15, -0.1) is 10.2 Å². The van der Waals surface area contributed by atoms with Crippen molar-refractivity contribution in [1.29, 1.82) is 0 Å². The Bertz CT molecular complexity index is 1100. The van der Waals surface area contributed by atoms with Crippen molar-refractivity contribution in [3.05, 3.63) is 47.4 Å². The highest BCUT2D eigenvalue weighted by Gasteiger charge is 2.23. The zero-order valence-corrected chi connectivity index (χ0v) is 18.5. The molecular weight excluding hydrogens is 428 g/mol. The number of methoxy groups -OCH3 is 1. The number of amides is 1. The Kier molecular flexibility index (Phi) is 7.17. The van der Waals surface area contributed by atoms with E-state index in [2.05, 4.69) is 30.7 Å². The number of nitrogens with two attached hydrogens (primary N) is 1. The highest BCUT2D eigenvalue weighted by atomic mass is 16.6. The number of rotatable bonds is 8. The van der Waals surface area contributed by atoms with Crippen molar-refractivity contribution >= 4 is 5.91 Å². The molecule has 0 aliphatic carbocycles. The molecular formula is C21H26N8O4. The molecule has 2 atom stereocenters. The largest absolute Gasteiger partial charge is 0.497 e. The van der Waals surface area contributed by atoms with Crippen molar-refractivity contribution in [3.8, 4) is 17.3 Å². The summed E-state index contributed by atoms with van der Waals surface area (Å²) in [6.45, 7) is 3.67. The van der Waals surface area contributed by atoms with Crippen LogP contribution in [0.15, 0.2) is 30.3 Å². The van der Waals surface area contributed by atoms with E-state index in [1.165, 1.54) is 4.80 Å². The molecule has 0 saturated carbocycles. The molecule has 3 heterocycles. The van der Waals surface area contributed by atoms with E-state index in [1.807, 2.05) is 24.3 Å². The lowest BCUT2D eigenvalue weighted by Gasteiger charge is -2.28. The first-order valence-electron chi connectivity index (χ1n) is 10.5. The van der Waals surface area contributed by atoms with E-state index in [1.54, 1.807) is 20.1 Å². The number of nitrogens with zero attached hydrogens (tertiary/aromatic N) is 6. The minimum Gasteiger partial charge on any atom is -0.497 e. The molecule has 0 spiro atoms. The van der Waals surface area contributed by atoms with Gasteiger partial charge in [-0.25, -0.2) is 9.97 Å². The van der Waals surface area contributed by atoms with Crippen LogP contribution in [0.4, 0.5) is 0 Å². The number of aromatic nitrogens is 6. The summed E-state index contributed by atoms with van der Waals surface area (Å²) in [5.74, 6) is 1.10. The van der Waals surface area contributed by atoms with Gasteiger partial charge in [0.15, 0.2) is 0 Å². The molecule has 1 saturated heterocycles. The van der Waals surface area contributed by atoms with Gasteiger partial charge in [-0.3, -0.25) is 4.79 Å². The minimum atomic E-state index is -0.334. The van der Waals surface area contributed by atoms with Gasteiger partial charge in [-0.05, 0) is 35.9 Å². The summed E-state index contributed by atoms with van der Waals surface area (Å²) in [6.07, 6.45) is -0.280. The second-order valence-corrected chi connectivity index (χ2v) is 7.53. The Hall–Kier alpha value is -3.48. The molecule has 3 N–H and O–H groups in total. The van der Waals surface area contributed by atoms with Crippen molar-refractivity contribution in [2.75, 3.05) is 26.9 Å². The maximum Gasteiger partial charge on any atom is 0.270 e. The normalized spacial score (nSPS) is 18.2. The Labute approximate surface area is 190 Å². The van der Waals surface area contributed by atoms with E-state index in [4.69, 9.17) is 19.9 Å². The van der Waals surface area contributed by atoms with Crippen molar-refractivity contribution < 1.29 is 19.0 Å². The van der Waals surface area contributed by atoms with E-state index in [9.17, 15) is 4.79 Å². The average molecular weight is 454 g/mol. The molecule has 12 heteroatoms. The number of hydrogen-bond acceptors (Lipinski definition) is 10. The maximum atomic E-state index is 12.7. The fourth-order valence-corrected chi connectivity index (χ4v) is 3.28. The lowest BCUT2D eigenvalue weighted by Crippen LogP contribution is -2.41. The quantitative estimate of drug-likeness (QED) is 0.480. The van der Waals surface area contributed by atoms with E-state index >= 15 is 0 Å². The van der Waals surface area contributed by atoms with Crippen molar-refractivity contribution in [2.45, 2.75) is 32.2 Å². The van der Waals surface area contributed by atoms with Crippen LogP contribution in [0.1, 0.15) is 21.9 Å². The van der Waals surface area contributed by atoms with Crippen LogP contribution in [0, 0.1) is 6.92 Å². The summed E-state index contributed by atoms with van der Waals surface area (Å²) in [5, 5.41) is 15.4. The molecule has 0 radical (unpaired) electrons. The number of nitrogens with one attached hydrogen (secondary N) is 1. The first kappa shape index (κ1) is 22.7. The molecule has 33 heavy (non-hydrogen) atoms. The third-order valence-electron chi connectivity index (χ3n) is 5.01. The van der Waals surface area contributed by atoms with Gasteiger partial charge in [-0.1, -0.05) is 12.1 Å². The van der Waals surface area contributed by atoms with Crippen LogP contribution < -0.4 is 15.8 Å². The summed E-state index contributed by atoms with van der Waals surface area (Å²) in [7, 11) is 1.60. The standard InChI is InChI=1S/C21H26N8O4/c1-13-24-18(20-26-28-29(27-20)10-17-12-32-16(8-22)11-33-17)7-19(25-13)21(30)23-9-14-4-3-5-15(6-14)31-2/h3-7,16-17H,8-12,22H2,1-2H3,(H,23,30)/t16?,17-/m0/s1. The second-order valence-electron chi connectivity index (χ2n) is 7.53. The van der Waals surface area contributed by atoms with E-state index in [-0.39, 0.29) is 23.8 Å². The SMILES string of the molecule is COc1cccc(CNC(=O)c2cc(-c3nnn(C[C@H]4COC(CN)CO4)n3)nc(C)n2)c1. The van der Waals surface area contributed by atoms with Crippen LogP contribution >= 0.6 is 0 Å².